The highest BCUT2D eigenvalue weighted by Crippen LogP contribution is 2.21. The summed E-state index contributed by atoms with van der Waals surface area (Å²) in [5.41, 5.74) is 7.34. The second-order valence-corrected chi connectivity index (χ2v) is 4.13. The van der Waals surface area contributed by atoms with E-state index in [9.17, 15) is 4.79 Å². The monoisotopic (exact) mass is 250 g/mol. The number of carbonyl (C=O) groups excluding carboxylic acids is 1. The summed E-state index contributed by atoms with van der Waals surface area (Å²) in [4.78, 5) is 13.9. The fourth-order valence-corrected chi connectivity index (χ4v) is 2.01. The first-order chi connectivity index (χ1) is 8.72. The molecule has 2 N–H and O–H groups in total. The lowest BCUT2D eigenvalue weighted by atomic mass is 10.2. The third-order valence-electron chi connectivity index (χ3n) is 2.91. The number of anilines is 2. The van der Waals surface area contributed by atoms with Gasteiger partial charge in [0, 0.05) is 17.9 Å². The zero-order chi connectivity index (χ0) is 13.0. The van der Waals surface area contributed by atoms with Gasteiger partial charge in [-0.2, -0.15) is 0 Å². The van der Waals surface area contributed by atoms with Crippen molar-refractivity contribution in [1.29, 1.82) is 0 Å². The highest BCUT2D eigenvalue weighted by molar-refractivity contribution is 5.80. The number of nitrogens with zero attached hydrogens (tertiary/aromatic N) is 1. The molecule has 1 heterocycles. The molecule has 0 saturated carbocycles. The van der Waals surface area contributed by atoms with Gasteiger partial charge in [0.25, 0.3) is 0 Å². The van der Waals surface area contributed by atoms with Gasteiger partial charge in [-0.1, -0.05) is 0 Å². The molecular weight excluding hydrogens is 232 g/mol. The van der Waals surface area contributed by atoms with E-state index in [4.69, 9.17) is 15.2 Å². The lowest BCUT2D eigenvalue weighted by molar-refractivity contribution is -0.147. The van der Waals surface area contributed by atoms with Crippen LogP contribution in [0, 0.1) is 0 Å². The van der Waals surface area contributed by atoms with Gasteiger partial charge in [-0.25, -0.2) is 4.79 Å². The van der Waals surface area contributed by atoms with Gasteiger partial charge in [-0.3, -0.25) is 0 Å². The summed E-state index contributed by atoms with van der Waals surface area (Å²) in [5, 5.41) is 0. The molecule has 0 bridgehead atoms. The van der Waals surface area contributed by atoms with E-state index in [0.29, 0.717) is 32.1 Å². The van der Waals surface area contributed by atoms with E-state index in [1.54, 1.807) is 6.92 Å². The number of ether oxygens (including phenoxy) is 2. The van der Waals surface area contributed by atoms with Crippen molar-refractivity contribution < 1.29 is 14.3 Å². The second kappa shape index (κ2) is 5.73. The normalized spacial score (nSPS) is 19.6. The van der Waals surface area contributed by atoms with Gasteiger partial charge in [-0.05, 0) is 31.2 Å². The molecule has 1 saturated heterocycles. The van der Waals surface area contributed by atoms with Crippen molar-refractivity contribution in [3.63, 3.8) is 0 Å². The summed E-state index contributed by atoms with van der Waals surface area (Å²) in [6.07, 6.45) is 0. The predicted octanol–water partition coefficient (Wildman–Crippen LogP) is 1.04. The summed E-state index contributed by atoms with van der Waals surface area (Å²) in [6.45, 7) is 3.83. The Morgan fingerprint density at radius 3 is 2.89 bits per heavy atom. The van der Waals surface area contributed by atoms with E-state index >= 15 is 0 Å². The zero-order valence-corrected chi connectivity index (χ0v) is 10.5. The first-order valence-electron chi connectivity index (χ1n) is 6.09. The molecule has 5 heteroatoms. The van der Waals surface area contributed by atoms with E-state index in [1.165, 1.54) is 0 Å². The molecule has 1 aromatic carbocycles. The quantitative estimate of drug-likeness (QED) is 0.641. The molecule has 0 radical (unpaired) electrons. The molecule has 0 aliphatic carbocycles. The maximum Gasteiger partial charge on any atom is 0.331 e. The molecule has 98 valence electrons. The summed E-state index contributed by atoms with van der Waals surface area (Å²) in [7, 11) is 0. The zero-order valence-electron chi connectivity index (χ0n) is 10.5. The van der Waals surface area contributed by atoms with Gasteiger partial charge >= 0.3 is 5.97 Å². The average Bonchev–Trinajstić information content (AvgIpc) is 2.40. The van der Waals surface area contributed by atoms with Crippen LogP contribution in [-0.4, -0.2) is 38.4 Å². The number of hydrogen-bond acceptors (Lipinski definition) is 5. The molecule has 1 aliphatic rings. The summed E-state index contributed by atoms with van der Waals surface area (Å²) in [5.74, 6) is -0.242. The van der Waals surface area contributed by atoms with Gasteiger partial charge in [0.15, 0.2) is 6.04 Å². The predicted molar refractivity (Wildman–Crippen MR) is 69.4 cm³/mol. The fraction of sp³-hybridized carbons (Fsp3) is 0.462. The third kappa shape index (κ3) is 2.73. The molecule has 1 aliphatic heterocycles. The van der Waals surface area contributed by atoms with Crippen LogP contribution in [0.15, 0.2) is 24.3 Å². The number of morpholine rings is 1. The minimum atomic E-state index is -0.373. The van der Waals surface area contributed by atoms with Crippen LogP contribution >= 0.6 is 0 Å². The summed E-state index contributed by atoms with van der Waals surface area (Å²) < 4.78 is 10.4. The Labute approximate surface area is 106 Å². The smallest absolute Gasteiger partial charge is 0.331 e. The van der Waals surface area contributed by atoms with Gasteiger partial charge in [0.05, 0.1) is 19.8 Å². The van der Waals surface area contributed by atoms with Crippen molar-refractivity contribution in [2.75, 3.05) is 37.0 Å². The summed E-state index contributed by atoms with van der Waals surface area (Å²) >= 11 is 0. The molecule has 18 heavy (non-hydrogen) atoms. The number of benzene rings is 1. The van der Waals surface area contributed by atoms with Crippen LogP contribution in [0.25, 0.3) is 0 Å². The topological polar surface area (TPSA) is 64.8 Å². The van der Waals surface area contributed by atoms with Crippen LogP contribution < -0.4 is 10.6 Å². The molecule has 5 nitrogen and oxygen atoms in total. The fourth-order valence-electron chi connectivity index (χ4n) is 2.01. The van der Waals surface area contributed by atoms with Crippen molar-refractivity contribution in [2.45, 2.75) is 13.0 Å². The standard InChI is InChI=1S/C13H18N2O3/c1-2-18-13(16)12-9-17-8-7-15(12)11-5-3-10(14)4-6-11/h3-6,12H,2,7-9,14H2,1H3. The van der Waals surface area contributed by atoms with Crippen molar-refractivity contribution in [3.05, 3.63) is 24.3 Å². The highest BCUT2D eigenvalue weighted by Gasteiger charge is 2.30. The minimum Gasteiger partial charge on any atom is -0.464 e. The SMILES string of the molecule is CCOC(=O)C1COCCN1c1ccc(N)cc1. The molecule has 1 aromatic rings. The number of carbonyl (C=O) groups is 1. The van der Waals surface area contributed by atoms with Crippen LogP contribution in [0.4, 0.5) is 11.4 Å². The van der Waals surface area contributed by atoms with E-state index < -0.39 is 0 Å². The first-order valence-corrected chi connectivity index (χ1v) is 6.09. The Bertz CT molecular complexity index is 405. The highest BCUT2D eigenvalue weighted by atomic mass is 16.5. The third-order valence-corrected chi connectivity index (χ3v) is 2.91. The van der Waals surface area contributed by atoms with E-state index in [1.807, 2.05) is 29.2 Å². The molecular formula is C13H18N2O3. The largest absolute Gasteiger partial charge is 0.464 e. The number of esters is 1. The van der Waals surface area contributed by atoms with Gasteiger partial charge in [0.1, 0.15) is 0 Å². The molecule has 0 amide bonds. The first kappa shape index (κ1) is 12.7. The summed E-state index contributed by atoms with van der Waals surface area (Å²) in [6, 6.07) is 7.10. The van der Waals surface area contributed by atoms with Crippen LogP contribution in [0.3, 0.4) is 0 Å². The van der Waals surface area contributed by atoms with Crippen LogP contribution in [-0.2, 0) is 14.3 Å². The molecule has 0 aromatic heterocycles. The van der Waals surface area contributed by atoms with E-state index in [0.717, 1.165) is 5.69 Å². The molecule has 1 fully saturated rings. The van der Waals surface area contributed by atoms with Gasteiger partial charge in [-0.15, -0.1) is 0 Å². The Kier molecular flexibility index (Phi) is 4.04. The Balaban J connectivity index is 2.17. The Morgan fingerprint density at radius 2 is 2.22 bits per heavy atom. The molecule has 2 rings (SSSR count). The van der Waals surface area contributed by atoms with Crippen molar-refractivity contribution in [1.82, 2.24) is 0 Å². The Morgan fingerprint density at radius 1 is 1.50 bits per heavy atom. The molecule has 1 unspecified atom stereocenters. The number of nitrogen functional groups attached to an aromatic ring is 1. The maximum atomic E-state index is 11.9. The van der Waals surface area contributed by atoms with Crippen LogP contribution in [0.5, 0.6) is 0 Å². The Hall–Kier alpha value is -1.75. The second-order valence-electron chi connectivity index (χ2n) is 4.13. The van der Waals surface area contributed by atoms with E-state index in [2.05, 4.69) is 0 Å². The molecule has 1 atom stereocenters. The van der Waals surface area contributed by atoms with Crippen molar-refractivity contribution >= 4 is 17.3 Å². The lowest BCUT2D eigenvalue weighted by Crippen LogP contribution is -2.50. The number of rotatable bonds is 3. The van der Waals surface area contributed by atoms with Crippen LogP contribution in [0.2, 0.25) is 0 Å². The lowest BCUT2D eigenvalue weighted by Gasteiger charge is -2.35. The van der Waals surface area contributed by atoms with Crippen molar-refractivity contribution in [2.24, 2.45) is 0 Å². The van der Waals surface area contributed by atoms with Gasteiger partial charge < -0.3 is 20.1 Å². The average molecular weight is 250 g/mol. The van der Waals surface area contributed by atoms with E-state index in [-0.39, 0.29) is 12.0 Å². The van der Waals surface area contributed by atoms with Crippen molar-refractivity contribution in [3.8, 4) is 0 Å². The number of nitrogens with two attached hydrogens (primary N) is 1. The van der Waals surface area contributed by atoms with Gasteiger partial charge in [0.2, 0.25) is 0 Å². The maximum absolute atomic E-state index is 11.9. The number of hydrogen-bond donors (Lipinski definition) is 1. The minimum absolute atomic E-state index is 0.242. The molecule has 0 spiro atoms. The van der Waals surface area contributed by atoms with Crippen LogP contribution in [0.1, 0.15) is 6.92 Å².